The van der Waals surface area contributed by atoms with Crippen LogP contribution in [0.15, 0.2) is 24.4 Å². The summed E-state index contributed by atoms with van der Waals surface area (Å²) in [6.07, 6.45) is 1.63. The molecule has 2 heterocycles. The van der Waals surface area contributed by atoms with Crippen molar-refractivity contribution in [2.24, 2.45) is 0 Å². The molecule has 1 aromatic rings. The van der Waals surface area contributed by atoms with E-state index in [0.717, 1.165) is 0 Å². The second-order valence-corrected chi connectivity index (χ2v) is 2.96. The maximum absolute atomic E-state index is 11.3. The minimum Gasteiger partial charge on any atom is -0.353 e. The van der Waals surface area contributed by atoms with Crippen LogP contribution in [-0.4, -0.2) is 22.5 Å². The molecule has 0 atom stereocenters. The van der Waals surface area contributed by atoms with Gasteiger partial charge >= 0.3 is 0 Å². The molecule has 0 bridgehead atoms. The Morgan fingerprint density at radius 2 is 2.38 bits per heavy atom. The topological polar surface area (TPSA) is 45.2 Å². The summed E-state index contributed by atoms with van der Waals surface area (Å²) in [7, 11) is 0. The van der Waals surface area contributed by atoms with E-state index in [2.05, 4.69) is 10.3 Å². The summed E-state index contributed by atoms with van der Waals surface area (Å²) >= 11 is 4.95. The van der Waals surface area contributed by atoms with Crippen molar-refractivity contribution in [3.05, 3.63) is 24.4 Å². The Kier molecular flexibility index (Phi) is 1.94. The summed E-state index contributed by atoms with van der Waals surface area (Å²) in [6.45, 7) is 0.259. The van der Waals surface area contributed by atoms with E-state index in [9.17, 15) is 4.79 Å². The Hall–Kier alpha value is -1.49. The summed E-state index contributed by atoms with van der Waals surface area (Å²) < 4.78 is 0. The van der Waals surface area contributed by atoms with Gasteiger partial charge in [-0.15, -0.1) is 0 Å². The Bertz CT molecular complexity index is 336. The molecule has 13 heavy (non-hydrogen) atoms. The first-order chi connectivity index (χ1) is 6.29. The van der Waals surface area contributed by atoms with Gasteiger partial charge in [0.1, 0.15) is 5.82 Å². The van der Waals surface area contributed by atoms with Gasteiger partial charge in [0.25, 0.3) is 5.91 Å². The molecule has 0 unspecified atom stereocenters. The number of nitrogens with zero attached hydrogens (tertiary/aromatic N) is 2. The summed E-state index contributed by atoms with van der Waals surface area (Å²) in [5.41, 5.74) is 0. The van der Waals surface area contributed by atoms with Gasteiger partial charge in [-0.2, -0.15) is 0 Å². The van der Waals surface area contributed by atoms with Crippen LogP contribution in [-0.2, 0) is 4.79 Å². The number of rotatable bonds is 1. The monoisotopic (exact) mass is 193 g/mol. The molecule has 0 aliphatic carbocycles. The van der Waals surface area contributed by atoms with Crippen LogP contribution in [0.2, 0.25) is 0 Å². The Morgan fingerprint density at radius 3 is 2.92 bits per heavy atom. The molecular formula is C8H7N3OS. The number of carbonyl (C=O) groups is 1. The van der Waals surface area contributed by atoms with Gasteiger partial charge in [0, 0.05) is 6.20 Å². The lowest BCUT2D eigenvalue weighted by molar-refractivity contribution is -0.115. The van der Waals surface area contributed by atoms with E-state index in [-0.39, 0.29) is 12.5 Å². The van der Waals surface area contributed by atoms with Crippen molar-refractivity contribution in [3.63, 3.8) is 0 Å². The maximum Gasteiger partial charge on any atom is 0.253 e. The van der Waals surface area contributed by atoms with E-state index < -0.39 is 0 Å². The molecule has 5 heteroatoms. The fraction of sp³-hybridized carbons (Fsp3) is 0.125. The first-order valence-corrected chi connectivity index (χ1v) is 4.21. The summed E-state index contributed by atoms with van der Waals surface area (Å²) in [4.78, 5) is 16.8. The van der Waals surface area contributed by atoms with Crippen LogP contribution in [0.1, 0.15) is 0 Å². The third kappa shape index (κ3) is 1.38. The van der Waals surface area contributed by atoms with Crippen molar-refractivity contribution < 1.29 is 4.79 Å². The van der Waals surface area contributed by atoms with Crippen molar-refractivity contribution in [2.75, 3.05) is 11.4 Å². The van der Waals surface area contributed by atoms with Crippen LogP contribution in [0.25, 0.3) is 0 Å². The lowest BCUT2D eigenvalue weighted by Crippen LogP contribution is -2.31. The lowest BCUT2D eigenvalue weighted by atomic mass is 10.4. The molecule has 1 aromatic heterocycles. The molecule has 4 nitrogen and oxygen atoms in total. The van der Waals surface area contributed by atoms with Crippen molar-refractivity contribution in [2.45, 2.75) is 0 Å². The molecule has 0 aromatic carbocycles. The highest BCUT2D eigenvalue weighted by Gasteiger charge is 2.27. The summed E-state index contributed by atoms with van der Waals surface area (Å²) in [5, 5.41) is 3.21. The van der Waals surface area contributed by atoms with Crippen LogP contribution in [0.4, 0.5) is 5.82 Å². The van der Waals surface area contributed by atoms with E-state index >= 15 is 0 Å². The van der Waals surface area contributed by atoms with Gasteiger partial charge in [0.15, 0.2) is 5.11 Å². The smallest absolute Gasteiger partial charge is 0.253 e. The molecule has 2 rings (SSSR count). The van der Waals surface area contributed by atoms with E-state index in [1.54, 1.807) is 18.3 Å². The molecule has 1 amide bonds. The lowest BCUT2D eigenvalue weighted by Gasteiger charge is -2.12. The highest BCUT2D eigenvalue weighted by Crippen LogP contribution is 2.12. The van der Waals surface area contributed by atoms with Gasteiger partial charge in [-0.1, -0.05) is 6.07 Å². The van der Waals surface area contributed by atoms with Crippen molar-refractivity contribution in [1.29, 1.82) is 0 Å². The molecule has 1 N–H and O–H groups in total. The highest BCUT2D eigenvalue weighted by molar-refractivity contribution is 7.80. The van der Waals surface area contributed by atoms with E-state index in [1.165, 1.54) is 4.90 Å². The fourth-order valence-electron chi connectivity index (χ4n) is 1.14. The summed E-state index contributed by atoms with van der Waals surface area (Å²) in [6, 6.07) is 5.36. The van der Waals surface area contributed by atoms with Crippen LogP contribution in [0.5, 0.6) is 0 Å². The van der Waals surface area contributed by atoms with Crippen molar-refractivity contribution in [1.82, 2.24) is 10.3 Å². The Labute approximate surface area is 80.6 Å². The largest absolute Gasteiger partial charge is 0.353 e. The maximum atomic E-state index is 11.3. The van der Waals surface area contributed by atoms with Gasteiger partial charge in [-0.25, -0.2) is 9.88 Å². The molecule has 66 valence electrons. The van der Waals surface area contributed by atoms with Gasteiger partial charge in [-0.3, -0.25) is 4.79 Å². The van der Waals surface area contributed by atoms with Gasteiger partial charge in [0.05, 0.1) is 6.54 Å². The quantitative estimate of drug-likeness (QED) is 0.652. The number of hydrogen-bond donors (Lipinski definition) is 1. The SMILES string of the molecule is O=C1CNC(=S)N1c1ccccn1. The zero-order chi connectivity index (χ0) is 9.26. The predicted molar refractivity (Wildman–Crippen MR) is 52.3 cm³/mol. The number of thiocarbonyl (C=S) groups is 1. The Balaban J connectivity index is 2.36. The van der Waals surface area contributed by atoms with Crippen molar-refractivity contribution in [3.8, 4) is 0 Å². The first kappa shape index (κ1) is 8.12. The zero-order valence-electron chi connectivity index (χ0n) is 6.73. The summed E-state index contributed by atoms with van der Waals surface area (Å²) in [5.74, 6) is 0.506. The average Bonchev–Trinajstić information content (AvgIpc) is 2.48. The number of hydrogen-bond acceptors (Lipinski definition) is 3. The third-order valence-corrected chi connectivity index (χ3v) is 2.05. The minimum absolute atomic E-state index is 0.0660. The number of amides is 1. The molecule has 1 saturated heterocycles. The minimum atomic E-state index is -0.0660. The number of anilines is 1. The van der Waals surface area contributed by atoms with Crippen molar-refractivity contribution >= 4 is 29.1 Å². The molecule has 1 fully saturated rings. The first-order valence-electron chi connectivity index (χ1n) is 3.81. The number of nitrogens with one attached hydrogen (secondary N) is 1. The van der Waals surface area contributed by atoms with Crippen LogP contribution in [0.3, 0.4) is 0 Å². The number of carbonyl (C=O) groups excluding carboxylic acids is 1. The molecule has 0 saturated carbocycles. The highest BCUT2D eigenvalue weighted by atomic mass is 32.1. The van der Waals surface area contributed by atoms with Crippen LogP contribution >= 0.6 is 12.2 Å². The molecule has 1 aliphatic heterocycles. The van der Waals surface area contributed by atoms with Gasteiger partial charge < -0.3 is 5.32 Å². The van der Waals surface area contributed by atoms with E-state index in [1.807, 2.05) is 6.07 Å². The van der Waals surface area contributed by atoms with Crippen LogP contribution < -0.4 is 10.2 Å². The van der Waals surface area contributed by atoms with Gasteiger partial charge in [-0.05, 0) is 24.4 Å². The van der Waals surface area contributed by atoms with E-state index in [4.69, 9.17) is 12.2 Å². The number of pyridine rings is 1. The molecule has 0 radical (unpaired) electrons. The second kappa shape index (κ2) is 3.10. The fourth-order valence-corrected chi connectivity index (χ4v) is 1.41. The predicted octanol–water partition coefficient (Wildman–Crippen LogP) is 0.303. The van der Waals surface area contributed by atoms with Crippen LogP contribution in [0, 0.1) is 0 Å². The Morgan fingerprint density at radius 1 is 1.54 bits per heavy atom. The standard InChI is InChI=1S/C8H7N3OS/c12-7-5-10-8(13)11(7)6-3-1-2-4-9-6/h1-4H,5H2,(H,10,13). The molecular weight excluding hydrogens is 186 g/mol. The average molecular weight is 193 g/mol. The molecule has 1 aliphatic rings. The third-order valence-electron chi connectivity index (χ3n) is 1.72. The number of aromatic nitrogens is 1. The molecule has 0 spiro atoms. The van der Waals surface area contributed by atoms with E-state index in [0.29, 0.717) is 10.9 Å². The normalized spacial score (nSPS) is 16.2. The zero-order valence-corrected chi connectivity index (χ0v) is 7.54. The second-order valence-electron chi connectivity index (χ2n) is 2.58. The van der Waals surface area contributed by atoms with Gasteiger partial charge in [0.2, 0.25) is 0 Å².